The molecular weight excluding hydrogens is 310 g/mol. The van der Waals surface area contributed by atoms with E-state index < -0.39 is 0 Å². The van der Waals surface area contributed by atoms with Crippen molar-refractivity contribution in [1.29, 1.82) is 0 Å². The summed E-state index contributed by atoms with van der Waals surface area (Å²) in [4.78, 5) is 17.3. The topological polar surface area (TPSA) is 74.2 Å². The predicted molar refractivity (Wildman–Crippen MR) is 92.7 cm³/mol. The Labute approximate surface area is 139 Å². The number of amides is 2. The van der Waals surface area contributed by atoms with E-state index in [1.54, 1.807) is 6.20 Å². The number of urea groups is 1. The number of thiazole rings is 1. The third kappa shape index (κ3) is 4.09. The van der Waals surface area contributed by atoms with Crippen LogP contribution in [0.15, 0.2) is 30.5 Å². The highest BCUT2D eigenvalue weighted by molar-refractivity contribution is 7.19. The predicted octanol–water partition coefficient (Wildman–Crippen LogP) is 3.40. The summed E-state index contributed by atoms with van der Waals surface area (Å²) in [5.74, 6) is 0.370. The van der Waals surface area contributed by atoms with Gasteiger partial charge in [-0.25, -0.2) is 9.78 Å². The molecule has 0 bridgehead atoms. The van der Waals surface area contributed by atoms with Crippen LogP contribution in [0.3, 0.4) is 0 Å². The number of aryl methyl sites for hydroxylation is 1. The molecule has 1 aromatic carbocycles. The second-order valence-corrected chi connectivity index (χ2v) is 7.04. The lowest BCUT2D eigenvalue weighted by Crippen LogP contribution is -2.32. The largest absolute Gasteiger partial charge is 0.393 e. The van der Waals surface area contributed by atoms with E-state index in [-0.39, 0.29) is 12.1 Å². The summed E-state index contributed by atoms with van der Waals surface area (Å²) in [6, 6.07) is 7.88. The zero-order chi connectivity index (χ0) is 16.2. The van der Waals surface area contributed by atoms with Gasteiger partial charge in [0.25, 0.3) is 0 Å². The Balaban J connectivity index is 1.54. The Kier molecular flexibility index (Phi) is 4.93. The van der Waals surface area contributed by atoms with Crippen molar-refractivity contribution in [3.05, 3.63) is 36.0 Å². The molecule has 5 nitrogen and oxygen atoms in total. The van der Waals surface area contributed by atoms with E-state index in [1.165, 1.54) is 16.9 Å². The van der Waals surface area contributed by atoms with Gasteiger partial charge < -0.3 is 10.4 Å². The first-order valence-electron chi connectivity index (χ1n) is 7.86. The Morgan fingerprint density at radius 2 is 2.22 bits per heavy atom. The summed E-state index contributed by atoms with van der Waals surface area (Å²) in [5, 5.41) is 15.7. The number of nitrogens with zero attached hydrogens (tertiary/aromatic N) is 1. The van der Waals surface area contributed by atoms with Gasteiger partial charge in [-0.3, -0.25) is 5.32 Å². The molecule has 0 aliphatic heterocycles. The molecule has 23 heavy (non-hydrogen) atoms. The number of rotatable bonds is 4. The lowest BCUT2D eigenvalue weighted by atomic mass is 10.1. The molecule has 6 heteroatoms. The fourth-order valence-corrected chi connectivity index (χ4v) is 3.82. The Hall–Kier alpha value is -1.92. The van der Waals surface area contributed by atoms with Crippen molar-refractivity contribution in [3.8, 4) is 10.4 Å². The van der Waals surface area contributed by atoms with Crippen LogP contribution >= 0.6 is 11.3 Å². The van der Waals surface area contributed by atoms with Gasteiger partial charge in [0, 0.05) is 12.7 Å². The van der Waals surface area contributed by atoms with Gasteiger partial charge in [0.15, 0.2) is 5.13 Å². The molecule has 1 fully saturated rings. The number of hydrogen-bond acceptors (Lipinski definition) is 4. The summed E-state index contributed by atoms with van der Waals surface area (Å²) in [7, 11) is 0. The van der Waals surface area contributed by atoms with Crippen molar-refractivity contribution >= 4 is 22.5 Å². The first kappa shape index (κ1) is 16.0. The molecule has 1 aromatic heterocycles. The van der Waals surface area contributed by atoms with E-state index >= 15 is 0 Å². The quantitative estimate of drug-likeness (QED) is 0.804. The van der Waals surface area contributed by atoms with Crippen LogP contribution in [-0.2, 0) is 0 Å². The highest BCUT2D eigenvalue weighted by atomic mass is 32.1. The molecule has 1 aliphatic rings. The minimum Gasteiger partial charge on any atom is -0.393 e. The number of hydrogen-bond donors (Lipinski definition) is 3. The molecule has 3 N–H and O–H groups in total. The van der Waals surface area contributed by atoms with Crippen molar-refractivity contribution in [2.75, 3.05) is 11.9 Å². The molecule has 0 spiro atoms. The van der Waals surface area contributed by atoms with Crippen LogP contribution in [0.5, 0.6) is 0 Å². The number of benzene rings is 1. The molecule has 0 radical (unpaired) electrons. The van der Waals surface area contributed by atoms with E-state index in [1.807, 2.05) is 12.1 Å². The van der Waals surface area contributed by atoms with Gasteiger partial charge in [0.05, 0.1) is 11.0 Å². The zero-order valence-electron chi connectivity index (χ0n) is 13.1. The van der Waals surface area contributed by atoms with E-state index in [4.69, 9.17) is 0 Å². The maximum Gasteiger partial charge on any atom is 0.321 e. The highest BCUT2D eigenvalue weighted by Crippen LogP contribution is 2.31. The Bertz CT molecular complexity index is 686. The molecule has 1 saturated carbocycles. The molecule has 1 heterocycles. The van der Waals surface area contributed by atoms with Crippen LogP contribution in [0, 0.1) is 12.8 Å². The molecule has 0 saturated heterocycles. The highest BCUT2D eigenvalue weighted by Gasteiger charge is 2.23. The van der Waals surface area contributed by atoms with Gasteiger partial charge in [-0.1, -0.05) is 35.6 Å². The van der Waals surface area contributed by atoms with E-state index in [0.717, 1.165) is 29.7 Å². The second kappa shape index (κ2) is 7.10. The lowest BCUT2D eigenvalue weighted by Gasteiger charge is -2.10. The minimum atomic E-state index is -0.239. The zero-order valence-corrected chi connectivity index (χ0v) is 13.9. The molecular formula is C17H21N3O2S. The number of carbonyl (C=O) groups excluding carboxylic acids is 1. The first-order valence-corrected chi connectivity index (χ1v) is 8.68. The molecule has 2 atom stereocenters. The molecule has 2 amide bonds. The number of aliphatic hydroxyl groups is 1. The smallest absolute Gasteiger partial charge is 0.321 e. The molecule has 1 aliphatic carbocycles. The van der Waals surface area contributed by atoms with Crippen LogP contribution in [0.25, 0.3) is 10.4 Å². The number of aliphatic hydroxyl groups excluding tert-OH is 1. The number of aromatic nitrogens is 1. The molecule has 3 rings (SSSR count). The number of anilines is 1. The monoisotopic (exact) mass is 331 g/mol. The number of carbonyl (C=O) groups is 1. The van der Waals surface area contributed by atoms with Crippen LogP contribution < -0.4 is 10.6 Å². The molecule has 122 valence electrons. The second-order valence-electron chi connectivity index (χ2n) is 6.01. The summed E-state index contributed by atoms with van der Waals surface area (Å²) in [6.07, 6.45) is 4.15. The van der Waals surface area contributed by atoms with Crippen molar-refractivity contribution in [3.63, 3.8) is 0 Å². The average molecular weight is 331 g/mol. The fraction of sp³-hybridized carbons (Fsp3) is 0.412. The van der Waals surface area contributed by atoms with Gasteiger partial charge in [0.1, 0.15) is 0 Å². The van der Waals surface area contributed by atoms with Gasteiger partial charge >= 0.3 is 6.03 Å². The first-order chi connectivity index (χ1) is 11.1. The lowest BCUT2D eigenvalue weighted by molar-refractivity contribution is 0.177. The van der Waals surface area contributed by atoms with Crippen LogP contribution in [-0.4, -0.2) is 28.8 Å². The van der Waals surface area contributed by atoms with E-state index in [2.05, 4.69) is 34.7 Å². The standard InChI is InChI=1S/C17H21N3O2S/c1-11-4-2-3-5-14(11)15-10-19-17(23-15)20-16(22)18-9-12-6-7-13(21)8-12/h2-5,10,12-13,21H,6-9H2,1H3,(H2,18,19,20,22)/t12-,13+/m0/s1. The molecule has 2 aromatic rings. The Morgan fingerprint density at radius 1 is 1.39 bits per heavy atom. The summed E-state index contributed by atoms with van der Waals surface area (Å²) in [5.41, 5.74) is 2.32. The third-order valence-corrected chi connectivity index (χ3v) is 5.15. The summed E-state index contributed by atoms with van der Waals surface area (Å²) >= 11 is 1.46. The van der Waals surface area contributed by atoms with Crippen LogP contribution in [0.2, 0.25) is 0 Å². The average Bonchev–Trinajstić information content (AvgIpc) is 3.15. The normalized spacial score (nSPS) is 20.4. The van der Waals surface area contributed by atoms with Gasteiger partial charge in [-0.15, -0.1) is 0 Å². The molecule has 0 unspecified atom stereocenters. The summed E-state index contributed by atoms with van der Waals surface area (Å²) < 4.78 is 0. The van der Waals surface area contributed by atoms with Crippen molar-refractivity contribution < 1.29 is 9.90 Å². The maximum absolute atomic E-state index is 11.9. The SMILES string of the molecule is Cc1ccccc1-c1cnc(NC(=O)NC[C@H]2CC[C@@H](O)C2)s1. The maximum atomic E-state index is 11.9. The van der Waals surface area contributed by atoms with Crippen molar-refractivity contribution in [2.45, 2.75) is 32.3 Å². The van der Waals surface area contributed by atoms with Gasteiger partial charge in [0.2, 0.25) is 0 Å². The van der Waals surface area contributed by atoms with E-state index in [9.17, 15) is 9.90 Å². The van der Waals surface area contributed by atoms with Crippen molar-refractivity contribution in [1.82, 2.24) is 10.3 Å². The fourth-order valence-electron chi connectivity index (χ4n) is 2.92. The summed E-state index contributed by atoms with van der Waals surface area (Å²) in [6.45, 7) is 2.66. The van der Waals surface area contributed by atoms with Gasteiger partial charge in [-0.05, 0) is 43.2 Å². The van der Waals surface area contributed by atoms with Gasteiger partial charge in [-0.2, -0.15) is 0 Å². The van der Waals surface area contributed by atoms with Crippen molar-refractivity contribution in [2.24, 2.45) is 5.92 Å². The number of nitrogens with one attached hydrogen (secondary N) is 2. The Morgan fingerprint density at radius 3 is 2.96 bits per heavy atom. The van der Waals surface area contributed by atoms with Crippen LogP contribution in [0.1, 0.15) is 24.8 Å². The van der Waals surface area contributed by atoms with E-state index in [0.29, 0.717) is 17.6 Å². The third-order valence-electron chi connectivity index (χ3n) is 4.20. The minimum absolute atomic E-state index is 0.208. The van der Waals surface area contributed by atoms with Crippen LogP contribution in [0.4, 0.5) is 9.93 Å².